The Hall–Kier alpha value is -0.210. The summed E-state index contributed by atoms with van der Waals surface area (Å²) < 4.78 is 4.44. The third kappa shape index (κ3) is 2.48. The number of rotatable bonds is 2. The maximum atomic E-state index is 8.36. The van der Waals surface area contributed by atoms with Gasteiger partial charge in [0, 0.05) is 0 Å². The molecule has 1 unspecified atom stereocenters. The quantitative estimate of drug-likeness (QED) is 0.432. The zero-order valence-electron chi connectivity index (χ0n) is 4.02. The number of aliphatic hydroxyl groups excluding tert-OH is 1. The van der Waals surface area contributed by atoms with Crippen molar-refractivity contribution in [3.05, 3.63) is 12.3 Å². The second kappa shape index (κ2) is 2.88. The van der Waals surface area contributed by atoms with Crippen LogP contribution in [0.4, 0.5) is 0 Å². The lowest BCUT2D eigenvalue weighted by Gasteiger charge is -2.01. The molecule has 1 atom stereocenters. The minimum absolute atomic E-state index is 0.168. The first-order valence-electron chi connectivity index (χ1n) is 1.73. The van der Waals surface area contributed by atoms with Crippen molar-refractivity contribution in [1.82, 2.24) is 0 Å². The van der Waals surface area contributed by atoms with Crippen LogP contribution >= 0.6 is 11.6 Å². The van der Waals surface area contributed by atoms with E-state index in [9.17, 15) is 0 Å². The summed E-state index contributed by atoms with van der Waals surface area (Å²) in [5.41, 5.74) is -1.08. The highest BCUT2D eigenvalue weighted by Crippen LogP contribution is 2.02. The van der Waals surface area contributed by atoms with Crippen LogP contribution in [-0.4, -0.2) is 17.8 Å². The summed E-state index contributed by atoms with van der Waals surface area (Å²) in [4.78, 5) is 0. The summed E-state index contributed by atoms with van der Waals surface area (Å²) in [7, 11) is 1.40. The average Bonchev–Trinajstić information content (AvgIpc) is 1.65. The standard InChI is InChI=1S/C4H7ClO2/c1-3(7-2)4(5)6/h4,6H,1H2,2H3. The number of alkyl halides is 1. The van der Waals surface area contributed by atoms with Gasteiger partial charge in [0.05, 0.1) is 7.11 Å². The molecule has 0 saturated heterocycles. The molecule has 0 fully saturated rings. The van der Waals surface area contributed by atoms with Gasteiger partial charge in [-0.3, -0.25) is 0 Å². The van der Waals surface area contributed by atoms with E-state index < -0.39 is 5.56 Å². The van der Waals surface area contributed by atoms with Gasteiger partial charge in [0.1, 0.15) is 5.76 Å². The molecule has 0 bridgehead atoms. The van der Waals surface area contributed by atoms with E-state index in [1.54, 1.807) is 0 Å². The largest absolute Gasteiger partial charge is 0.498 e. The fourth-order valence-corrected chi connectivity index (χ4v) is 0.186. The molecule has 2 nitrogen and oxygen atoms in total. The molecule has 0 aromatic carbocycles. The van der Waals surface area contributed by atoms with Crippen molar-refractivity contribution in [2.24, 2.45) is 0 Å². The molecular formula is C4H7ClO2. The van der Waals surface area contributed by atoms with E-state index in [-0.39, 0.29) is 5.76 Å². The average molecular weight is 123 g/mol. The molecule has 0 aliphatic carbocycles. The minimum Gasteiger partial charge on any atom is -0.498 e. The Balaban J connectivity index is 3.35. The number of hydrogen-bond acceptors (Lipinski definition) is 2. The third-order valence-electron chi connectivity index (χ3n) is 0.528. The molecular weight excluding hydrogens is 115 g/mol. The molecule has 0 spiro atoms. The Kier molecular flexibility index (Phi) is 2.79. The monoisotopic (exact) mass is 122 g/mol. The van der Waals surface area contributed by atoms with Crippen LogP contribution in [0.25, 0.3) is 0 Å². The molecule has 7 heavy (non-hydrogen) atoms. The van der Waals surface area contributed by atoms with E-state index in [0.717, 1.165) is 0 Å². The molecule has 42 valence electrons. The normalized spacial score (nSPS) is 13.0. The number of hydrogen-bond donors (Lipinski definition) is 1. The first-order valence-corrected chi connectivity index (χ1v) is 2.17. The zero-order chi connectivity index (χ0) is 5.86. The number of aliphatic hydroxyl groups is 1. The molecule has 0 amide bonds. The van der Waals surface area contributed by atoms with Crippen LogP contribution < -0.4 is 0 Å². The molecule has 0 heterocycles. The molecule has 0 aliphatic heterocycles. The van der Waals surface area contributed by atoms with Gasteiger partial charge < -0.3 is 9.84 Å². The SMILES string of the molecule is C=C(OC)C(O)Cl. The molecule has 0 aliphatic rings. The third-order valence-corrected chi connectivity index (χ3v) is 0.771. The van der Waals surface area contributed by atoms with E-state index in [1.165, 1.54) is 7.11 Å². The lowest BCUT2D eigenvalue weighted by Crippen LogP contribution is -2.00. The smallest absolute Gasteiger partial charge is 0.184 e. The van der Waals surface area contributed by atoms with Crippen molar-refractivity contribution < 1.29 is 9.84 Å². The van der Waals surface area contributed by atoms with Crippen LogP contribution in [0.1, 0.15) is 0 Å². The van der Waals surface area contributed by atoms with Crippen molar-refractivity contribution in [1.29, 1.82) is 0 Å². The Labute approximate surface area is 47.4 Å². The van der Waals surface area contributed by atoms with Gasteiger partial charge in [-0.15, -0.1) is 0 Å². The van der Waals surface area contributed by atoms with Gasteiger partial charge in [0.15, 0.2) is 5.56 Å². The molecule has 0 rings (SSSR count). The molecule has 3 heteroatoms. The highest BCUT2D eigenvalue weighted by atomic mass is 35.5. The maximum Gasteiger partial charge on any atom is 0.184 e. The molecule has 0 aromatic heterocycles. The summed E-state index contributed by atoms with van der Waals surface area (Å²) >= 11 is 5.06. The first kappa shape index (κ1) is 6.79. The highest BCUT2D eigenvalue weighted by molar-refractivity contribution is 6.20. The van der Waals surface area contributed by atoms with Gasteiger partial charge in [-0.1, -0.05) is 18.2 Å². The molecule has 0 aromatic rings. The van der Waals surface area contributed by atoms with Crippen molar-refractivity contribution >= 4 is 11.6 Å². The predicted octanol–water partition coefficient (Wildman–Crippen LogP) is 0.704. The second-order valence-corrected chi connectivity index (χ2v) is 1.42. The molecule has 1 N–H and O–H groups in total. The van der Waals surface area contributed by atoms with Gasteiger partial charge in [-0.05, 0) is 0 Å². The van der Waals surface area contributed by atoms with Crippen molar-refractivity contribution in [2.75, 3.05) is 7.11 Å². The zero-order valence-corrected chi connectivity index (χ0v) is 4.77. The van der Waals surface area contributed by atoms with Crippen LogP contribution in [0, 0.1) is 0 Å². The summed E-state index contributed by atoms with van der Waals surface area (Å²) in [5.74, 6) is 0.168. The highest BCUT2D eigenvalue weighted by Gasteiger charge is 1.99. The van der Waals surface area contributed by atoms with Crippen LogP contribution in [-0.2, 0) is 4.74 Å². The topological polar surface area (TPSA) is 29.5 Å². The van der Waals surface area contributed by atoms with Gasteiger partial charge >= 0.3 is 0 Å². The summed E-state index contributed by atoms with van der Waals surface area (Å²) in [6.07, 6.45) is 0. The second-order valence-electron chi connectivity index (χ2n) is 1.01. The van der Waals surface area contributed by atoms with E-state index in [1.807, 2.05) is 0 Å². The Morgan fingerprint density at radius 2 is 2.43 bits per heavy atom. The van der Waals surface area contributed by atoms with Gasteiger partial charge in [0.25, 0.3) is 0 Å². The Morgan fingerprint density at radius 1 is 2.00 bits per heavy atom. The lowest BCUT2D eigenvalue weighted by atomic mass is 10.6. The fourth-order valence-electron chi connectivity index (χ4n) is 0.0972. The van der Waals surface area contributed by atoms with Crippen LogP contribution in [0.15, 0.2) is 12.3 Å². The minimum atomic E-state index is -1.08. The van der Waals surface area contributed by atoms with Gasteiger partial charge in [0.2, 0.25) is 0 Å². The Bertz CT molecular complexity index is 70.1. The van der Waals surface area contributed by atoms with Crippen molar-refractivity contribution in [3.63, 3.8) is 0 Å². The van der Waals surface area contributed by atoms with Crippen LogP contribution in [0.5, 0.6) is 0 Å². The van der Waals surface area contributed by atoms with Gasteiger partial charge in [-0.25, -0.2) is 0 Å². The maximum absolute atomic E-state index is 8.36. The van der Waals surface area contributed by atoms with E-state index in [4.69, 9.17) is 16.7 Å². The predicted molar refractivity (Wildman–Crippen MR) is 28.0 cm³/mol. The number of halogens is 1. The fraction of sp³-hybridized carbons (Fsp3) is 0.500. The van der Waals surface area contributed by atoms with Crippen LogP contribution in [0.2, 0.25) is 0 Å². The first-order chi connectivity index (χ1) is 3.18. The summed E-state index contributed by atoms with van der Waals surface area (Å²) in [5, 5.41) is 8.36. The summed E-state index contributed by atoms with van der Waals surface area (Å²) in [6.45, 7) is 3.27. The lowest BCUT2D eigenvalue weighted by molar-refractivity contribution is 0.183. The van der Waals surface area contributed by atoms with Gasteiger partial charge in [-0.2, -0.15) is 0 Å². The van der Waals surface area contributed by atoms with E-state index in [2.05, 4.69) is 11.3 Å². The molecule has 0 radical (unpaired) electrons. The van der Waals surface area contributed by atoms with Crippen LogP contribution in [0.3, 0.4) is 0 Å². The number of ether oxygens (including phenoxy) is 1. The van der Waals surface area contributed by atoms with E-state index in [0.29, 0.717) is 0 Å². The van der Waals surface area contributed by atoms with Crippen molar-refractivity contribution in [3.8, 4) is 0 Å². The van der Waals surface area contributed by atoms with E-state index >= 15 is 0 Å². The van der Waals surface area contributed by atoms with Crippen molar-refractivity contribution in [2.45, 2.75) is 5.56 Å². The number of methoxy groups -OCH3 is 1. The summed E-state index contributed by atoms with van der Waals surface area (Å²) in [6, 6.07) is 0. The Morgan fingerprint density at radius 3 is 2.43 bits per heavy atom. The molecule has 0 saturated carbocycles.